The zero-order valence-electron chi connectivity index (χ0n) is 13.0. The van der Waals surface area contributed by atoms with Crippen LogP contribution in [0.25, 0.3) is 0 Å². The zero-order valence-corrected chi connectivity index (χ0v) is 13.8. The smallest absolute Gasteiger partial charge is 0.254 e. The van der Waals surface area contributed by atoms with Crippen molar-refractivity contribution in [3.8, 4) is 5.88 Å². The van der Waals surface area contributed by atoms with E-state index in [0.717, 1.165) is 23.3 Å². The van der Waals surface area contributed by atoms with E-state index in [-0.39, 0.29) is 12.0 Å². The third-order valence-electron chi connectivity index (χ3n) is 3.91. The molecule has 0 bridgehead atoms. The van der Waals surface area contributed by atoms with Crippen LogP contribution in [0, 0.1) is 0 Å². The Labute approximate surface area is 140 Å². The molecule has 1 fully saturated rings. The molecule has 0 radical (unpaired) electrons. The fourth-order valence-electron chi connectivity index (χ4n) is 2.69. The van der Waals surface area contributed by atoms with Crippen LogP contribution in [0.2, 0.25) is 0 Å². The molecule has 120 valence electrons. The third-order valence-corrected chi connectivity index (χ3v) is 4.70. The molecule has 1 aromatic carbocycles. The molecule has 5 nitrogen and oxygen atoms in total. The lowest BCUT2D eigenvalue weighted by atomic mass is 10.1. The van der Waals surface area contributed by atoms with Gasteiger partial charge in [-0.05, 0) is 18.4 Å². The second-order valence-electron chi connectivity index (χ2n) is 5.36. The minimum absolute atomic E-state index is 0.102. The first-order chi connectivity index (χ1) is 11.3. The van der Waals surface area contributed by atoms with E-state index in [0.29, 0.717) is 19.0 Å². The van der Waals surface area contributed by atoms with Crippen molar-refractivity contribution in [2.24, 2.45) is 0 Å². The second-order valence-corrected chi connectivity index (χ2v) is 6.21. The van der Waals surface area contributed by atoms with Crippen LogP contribution in [0.15, 0.2) is 47.8 Å². The Morgan fingerprint density at radius 2 is 2.04 bits per heavy atom. The SMILES string of the molecule is CSc1ccccc1C(=O)N1CCC(Oc2ccncn2)CC1. The molecule has 1 aliphatic heterocycles. The number of benzene rings is 1. The maximum atomic E-state index is 12.7. The molecule has 1 amide bonds. The van der Waals surface area contributed by atoms with Crippen LogP contribution >= 0.6 is 11.8 Å². The average molecular weight is 329 g/mol. The van der Waals surface area contributed by atoms with Crippen LogP contribution in [-0.2, 0) is 0 Å². The van der Waals surface area contributed by atoms with E-state index in [2.05, 4.69) is 9.97 Å². The van der Waals surface area contributed by atoms with Gasteiger partial charge >= 0.3 is 0 Å². The van der Waals surface area contributed by atoms with Gasteiger partial charge in [0.15, 0.2) is 0 Å². The van der Waals surface area contributed by atoms with Crippen LogP contribution in [0.3, 0.4) is 0 Å². The molecule has 23 heavy (non-hydrogen) atoms. The van der Waals surface area contributed by atoms with E-state index in [1.807, 2.05) is 35.4 Å². The predicted octanol–water partition coefficient (Wildman–Crippen LogP) is 2.88. The Morgan fingerprint density at radius 3 is 2.74 bits per heavy atom. The van der Waals surface area contributed by atoms with Crippen molar-refractivity contribution in [2.75, 3.05) is 19.3 Å². The summed E-state index contributed by atoms with van der Waals surface area (Å²) < 4.78 is 5.84. The summed E-state index contributed by atoms with van der Waals surface area (Å²) in [5.41, 5.74) is 0.787. The van der Waals surface area contributed by atoms with Gasteiger partial charge in [0.25, 0.3) is 5.91 Å². The number of hydrogen-bond donors (Lipinski definition) is 0. The number of rotatable bonds is 4. The molecular weight excluding hydrogens is 310 g/mol. The van der Waals surface area contributed by atoms with Crippen LogP contribution in [-0.4, -0.2) is 46.2 Å². The number of likely N-dealkylation sites (tertiary alicyclic amines) is 1. The molecule has 1 aliphatic rings. The summed E-state index contributed by atoms with van der Waals surface area (Å²) in [5, 5.41) is 0. The van der Waals surface area contributed by atoms with Crippen molar-refractivity contribution in [1.82, 2.24) is 14.9 Å². The van der Waals surface area contributed by atoms with E-state index in [4.69, 9.17) is 4.74 Å². The van der Waals surface area contributed by atoms with Gasteiger partial charge in [-0.15, -0.1) is 11.8 Å². The van der Waals surface area contributed by atoms with E-state index < -0.39 is 0 Å². The highest BCUT2D eigenvalue weighted by Gasteiger charge is 2.25. The normalized spacial score (nSPS) is 15.4. The van der Waals surface area contributed by atoms with Gasteiger partial charge in [0.1, 0.15) is 12.4 Å². The standard InChI is InChI=1S/C17H19N3O2S/c1-23-15-5-3-2-4-14(15)17(21)20-10-7-13(8-11-20)22-16-6-9-18-12-19-16/h2-6,9,12-13H,7-8,10-11H2,1H3. The number of nitrogens with zero attached hydrogens (tertiary/aromatic N) is 3. The quantitative estimate of drug-likeness (QED) is 0.807. The minimum Gasteiger partial charge on any atom is -0.474 e. The number of amides is 1. The highest BCUT2D eigenvalue weighted by Crippen LogP contribution is 2.23. The first-order valence-electron chi connectivity index (χ1n) is 7.63. The summed E-state index contributed by atoms with van der Waals surface area (Å²) in [6.07, 6.45) is 6.88. The minimum atomic E-state index is 0.102. The number of aromatic nitrogens is 2. The van der Waals surface area contributed by atoms with Crippen LogP contribution in [0.4, 0.5) is 0 Å². The van der Waals surface area contributed by atoms with Crippen molar-refractivity contribution in [3.05, 3.63) is 48.4 Å². The number of carbonyl (C=O) groups excluding carboxylic acids is 1. The Morgan fingerprint density at radius 1 is 1.26 bits per heavy atom. The predicted molar refractivity (Wildman–Crippen MR) is 89.8 cm³/mol. The molecule has 6 heteroatoms. The van der Waals surface area contributed by atoms with Crippen LogP contribution < -0.4 is 4.74 Å². The maximum Gasteiger partial charge on any atom is 0.254 e. The molecular formula is C17H19N3O2S. The van der Waals surface area contributed by atoms with E-state index in [1.165, 1.54) is 6.33 Å². The lowest BCUT2D eigenvalue weighted by molar-refractivity contribution is 0.0584. The summed E-state index contributed by atoms with van der Waals surface area (Å²) in [7, 11) is 0. The summed E-state index contributed by atoms with van der Waals surface area (Å²) in [6, 6.07) is 9.52. The lowest BCUT2D eigenvalue weighted by Gasteiger charge is -2.32. The second kappa shape index (κ2) is 7.46. The average Bonchev–Trinajstić information content (AvgIpc) is 2.62. The van der Waals surface area contributed by atoms with Gasteiger partial charge in [0.2, 0.25) is 5.88 Å². The molecule has 0 saturated carbocycles. The van der Waals surface area contributed by atoms with Gasteiger partial charge < -0.3 is 9.64 Å². The molecule has 1 aromatic heterocycles. The van der Waals surface area contributed by atoms with Crippen molar-refractivity contribution >= 4 is 17.7 Å². The molecule has 2 heterocycles. The molecule has 0 spiro atoms. The first-order valence-corrected chi connectivity index (χ1v) is 8.85. The summed E-state index contributed by atoms with van der Waals surface area (Å²) in [5.74, 6) is 0.702. The fourth-order valence-corrected chi connectivity index (χ4v) is 3.28. The summed E-state index contributed by atoms with van der Waals surface area (Å²) in [6.45, 7) is 1.41. The summed E-state index contributed by atoms with van der Waals surface area (Å²) >= 11 is 1.60. The number of piperidine rings is 1. The van der Waals surface area contributed by atoms with E-state index >= 15 is 0 Å². The Balaban J connectivity index is 1.59. The lowest BCUT2D eigenvalue weighted by Crippen LogP contribution is -2.42. The molecule has 0 unspecified atom stereocenters. The van der Waals surface area contributed by atoms with Gasteiger partial charge in [-0.2, -0.15) is 0 Å². The highest BCUT2D eigenvalue weighted by molar-refractivity contribution is 7.98. The zero-order chi connectivity index (χ0) is 16.1. The van der Waals surface area contributed by atoms with Gasteiger partial charge in [-0.1, -0.05) is 12.1 Å². The number of ether oxygens (including phenoxy) is 1. The van der Waals surface area contributed by atoms with Gasteiger partial charge in [0, 0.05) is 43.1 Å². The fraction of sp³-hybridized carbons (Fsp3) is 0.353. The topological polar surface area (TPSA) is 55.3 Å². The van der Waals surface area contributed by atoms with Crippen molar-refractivity contribution in [2.45, 2.75) is 23.8 Å². The highest BCUT2D eigenvalue weighted by atomic mass is 32.2. The van der Waals surface area contributed by atoms with Gasteiger partial charge in [0.05, 0.1) is 5.56 Å². The largest absolute Gasteiger partial charge is 0.474 e. The Hall–Kier alpha value is -2.08. The molecule has 0 N–H and O–H groups in total. The van der Waals surface area contributed by atoms with Crippen molar-refractivity contribution < 1.29 is 9.53 Å². The molecule has 0 aliphatic carbocycles. The van der Waals surface area contributed by atoms with Crippen LogP contribution in [0.1, 0.15) is 23.2 Å². The van der Waals surface area contributed by atoms with Gasteiger partial charge in [-0.25, -0.2) is 9.97 Å². The third kappa shape index (κ3) is 3.82. The number of carbonyl (C=O) groups is 1. The maximum absolute atomic E-state index is 12.7. The Bertz CT molecular complexity index is 658. The first kappa shape index (κ1) is 15.8. The number of thioether (sulfide) groups is 1. The van der Waals surface area contributed by atoms with Crippen molar-refractivity contribution in [3.63, 3.8) is 0 Å². The van der Waals surface area contributed by atoms with Gasteiger partial charge in [-0.3, -0.25) is 4.79 Å². The molecule has 3 rings (SSSR count). The van der Waals surface area contributed by atoms with Crippen LogP contribution in [0.5, 0.6) is 5.88 Å². The monoisotopic (exact) mass is 329 g/mol. The van der Waals surface area contributed by atoms with E-state index in [9.17, 15) is 4.79 Å². The Kier molecular flexibility index (Phi) is 5.12. The summed E-state index contributed by atoms with van der Waals surface area (Å²) in [4.78, 5) is 23.6. The molecule has 1 saturated heterocycles. The molecule has 0 atom stereocenters. The molecule has 2 aromatic rings. The van der Waals surface area contributed by atoms with E-state index in [1.54, 1.807) is 24.0 Å². The van der Waals surface area contributed by atoms with Crippen molar-refractivity contribution in [1.29, 1.82) is 0 Å². The number of hydrogen-bond acceptors (Lipinski definition) is 5.